The van der Waals surface area contributed by atoms with E-state index in [4.69, 9.17) is 15.5 Å². The Bertz CT molecular complexity index is 1480. The van der Waals surface area contributed by atoms with Crippen molar-refractivity contribution in [3.63, 3.8) is 0 Å². The number of morpholine rings is 1. The third-order valence-corrected chi connectivity index (χ3v) is 6.13. The molecule has 1 saturated heterocycles. The molecule has 1 aliphatic rings. The van der Waals surface area contributed by atoms with E-state index in [1.54, 1.807) is 18.5 Å². The predicted molar refractivity (Wildman–Crippen MR) is 154 cm³/mol. The number of carbonyl (C=O) groups is 1. The number of amides is 1. The van der Waals surface area contributed by atoms with Gasteiger partial charge in [-0.05, 0) is 44.4 Å². The molecule has 3 aromatic heterocycles. The van der Waals surface area contributed by atoms with Crippen molar-refractivity contribution in [3.8, 4) is 11.3 Å². The lowest BCUT2D eigenvalue weighted by Gasteiger charge is -2.27. The summed E-state index contributed by atoms with van der Waals surface area (Å²) in [7, 11) is 3.89. The zero-order valence-corrected chi connectivity index (χ0v) is 22.0. The van der Waals surface area contributed by atoms with Gasteiger partial charge in [0.15, 0.2) is 0 Å². The first-order valence-electron chi connectivity index (χ1n) is 12.7. The van der Waals surface area contributed by atoms with Crippen LogP contribution in [0.2, 0.25) is 0 Å². The molecular weight excluding hydrogens is 494 g/mol. The summed E-state index contributed by atoms with van der Waals surface area (Å²) < 4.78 is 5.42. The summed E-state index contributed by atoms with van der Waals surface area (Å²) in [4.78, 5) is 34.9. The quantitative estimate of drug-likeness (QED) is 0.294. The lowest BCUT2D eigenvalue weighted by molar-refractivity contribution is -0.111. The van der Waals surface area contributed by atoms with Crippen LogP contribution in [-0.2, 0) is 9.53 Å². The number of likely N-dealkylation sites (N-methyl/N-ethyl adjacent to an activating group) is 1. The largest absolute Gasteiger partial charge is 0.383 e. The molecule has 0 unspecified atom stereocenters. The molecule has 4 aromatic rings. The van der Waals surface area contributed by atoms with Gasteiger partial charge in [-0.25, -0.2) is 9.97 Å². The highest BCUT2D eigenvalue weighted by molar-refractivity contribution is 6.01. The molecule has 0 saturated carbocycles. The molecule has 1 amide bonds. The Morgan fingerprint density at radius 1 is 1.10 bits per heavy atom. The van der Waals surface area contributed by atoms with Gasteiger partial charge >= 0.3 is 0 Å². The molecule has 0 radical (unpaired) electrons. The minimum atomic E-state index is -0.203. The smallest absolute Gasteiger partial charge is 0.248 e. The van der Waals surface area contributed by atoms with Gasteiger partial charge < -0.3 is 30.9 Å². The number of nitrogens with one attached hydrogen (secondary N) is 2. The van der Waals surface area contributed by atoms with E-state index in [0.717, 1.165) is 30.2 Å². The maximum atomic E-state index is 12.3. The summed E-state index contributed by atoms with van der Waals surface area (Å²) in [5, 5.41) is 6.79. The number of nitrogen functional groups attached to an aromatic ring is 1. The van der Waals surface area contributed by atoms with Crippen molar-refractivity contribution in [1.82, 2.24) is 24.8 Å². The monoisotopic (exact) mass is 525 g/mol. The summed E-state index contributed by atoms with van der Waals surface area (Å²) in [5.74, 6) is 1.37. The molecule has 39 heavy (non-hydrogen) atoms. The first kappa shape index (κ1) is 26.0. The first-order valence-corrected chi connectivity index (χ1v) is 12.7. The summed E-state index contributed by atoms with van der Waals surface area (Å²) in [6.07, 6.45) is 6.76. The number of fused-ring (bicyclic) bond motifs is 1. The highest BCUT2D eigenvalue weighted by Crippen LogP contribution is 2.30. The molecule has 0 aliphatic carbocycles. The summed E-state index contributed by atoms with van der Waals surface area (Å²) in [6.45, 7) is 3.71. The molecule has 0 atom stereocenters. The Morgan fingerprint density at radius 2 is 1.95 bits per heavy atom. The van der Waals surface area contributed by atoms with Crippen LogP contribution >= 0.6 is 0 Å². The number of rotatable bonds is 8. The minimum Gasteiger partial charge on any atom is -0.383 e. The lowest BCUT2D eigenvalue weighted by Crippen LogP contribution is -2.36. The fourth-order valence-corrected chi connectivity index (χ4v) is 4.21. The van der Waals surface area contributed by atoms with E-state index in [0.29, 0.717) is 53.8 Å². The Labute approximate surface area is 226 Å². The highest BCUT2D eigenvalue weighted by Gasteiger charge is 2.15. The van der Waals surface area contributed by atoms with Crippen molar-refractivity contribution in [2.45, 2.75) is 0 Å². The topological polar surface area (TPSA) is 134 Å². The van der Waals surface area contributed by atoms with Crippen LogP contribution < -0.4 is 21.3 Å². The highest BCUT2D eigenvalue weighted by atomic mass is 16.5. The van der Waals surface area contributed by atoms with Gasteiger partial charge in [0, 0.05) is 48.5 Å². The maximum Gasteiger partial charge on any atom is 0.248 e. The second-order valence-corrected chi connectivity index (χ2v) is 9.35. The molecule has 200 valence electrons. The molecular formula is C28H31N9O2. The molecule has 11 nitrogen and oxygen atoms in total. The van der Waals surface area contributed by atoms with E-state index in [2.05, 4.69) is 30.5 Å². The first-order chi connectivity index (χ1) is 19.0. The Balaban J connectivity index is 1.39. The van der Waals surface area contributed by atoms with Crippen LogP contribution in [0.3, 0.4) is 0 Å². The third kappa shape index (κ3) is 6.46. The van der Waals surface area contributed by atoms with Crippen molar-refractivity contribution >= 4 is 45.8 Å². The van der Waals surface area contributed by atoms with Crippen molar-refractivity contribution in [1.29, 1.82) is 0 Å². The van der Waals surface area contributed by atoms with Crippen LogP contribution in [0.25, 0.3) is 22.2 Å². The van der Waals surface area contributed by atoms with Gasteiger partial charge in [-0.2, -0.15) is 4.98 Å². The van der Waals surface area contributed by atoms with Crippen LogP contribution in [0.1, 0.15) is 0 Å². The summed E-state index contributed by atoms with van der Waals surface area (Å²) in [6, 6.07) is 13.2. The van der Waals surface area contributed by atoms with E-state index < -0.39 is 0 Å². The van der Waals surface area contributed by atoms with Crippen molar-refractivity contribution in [2.24, 2.45) is 0 Å². The molecule has 0 bridgehead atoms. The van der Waals surface area contributed by atoms with Gasteiger partial charge in [0.1, 0.15) is 17.2 Å². The number of anilines is 5. The van der Waals surface area contributed by atoms with E-state index in [-0.39, 0.29) is 5.91 Å². The van der Waals surface area contributed by atoms with Crippen molar-refractivity contribution in [2.75, 3.05) is 68.2 Å². The number of aromatic nitrogens is 4. The van der Waals surface area contributed by atoms with Crippen LogP contribution in [0.5, 0.6) is 0 Å². The molecule has 4 heterocycles. The number of hydrogen-bond donors (Lipinski definition) is 3. The van der Waals surface area contributed by atoms with Crippen LogP contribution in [-0.4, -0.2) is 77.7 Å². The second kappa shape index (κ2) is 11.8. The molecule has 4 N–H and O–H groups in total. The van der Waals surface area contributed by atoms with Gasteiger partial charge in [-0.3, -0.25) is 9.78 Å². The van der Waals surface area contributed by atoms with Crippen LogP contribution in [0, 0.1) is 0 Å². The number of carbonyl (C=O) groups excluding carboxylic acids is 1. The number of ether oxygens (including phenoxy) is 1. The number of benzene rings is 1. The van der Waals surface area contributed by atoms with Gasteiger partial charge in [0.2, 0.25) is 11.9 Å². The molecule has 1 fully saturated rings. The number of nitrogens with two attached hydrogens (primary N) is 1. The fourth-order valence-electron chi connectivity index (χ4n) is 4.21. The molecule has 11 heteroatoms. The van der Waals surface area contributed by atoms with Gasteiger partial charge in [-0.15, -0.1) is 0 Å². The molecule has 1 aromatic carbocycles. The van der Waals surface area contributed by atoms with Gasteiger partial charge in [-0.1, -0.05) is 18.2 Å². The third-order valence-electron chi connectivity index (χ3n) is 6.13. The zero-order valence-electron chi connectivity index (χ0n) is 22.0. The minimum absolute atomic E-state index is 0.203. The SMILES string of the molecule is CN(C)CC=CC(=O)Nc1cccc(-c2nccc3c(N)nc(Nc4ccc(N5CCOCC5)nc4)nc23)c1. The zero-order chi connectivity index (χ0) is 27.2. The number of pyridine rings is 2. The number of nitrogens with zero attached hydrogens (tertiary/aromatic N) is 6. The van der Waals surface area contributed by atoms with Crippen LogP contribution in [0.4, 0.5) is 29.0 Å². The van der Waals surface area contributed by atoms with Gasteiger partial charge in [0.25, 0.3) is 0 Å². The average molecular weight is 526 g/mol. The summed E-state index contributed by atoms with van der Waals surface area (Å²) >= 11 is 0. The standard InChI is InChI=1S/C28H31N9O2/c1-36(2)12-4-7-24(38)32-20-6-3-5-19(17-20)25-26-22(10-11-30-25)27(29)35-28(34-26)33-21-8-9-23(31-18-21)37-13-15-39-16-14-37/h3-11,17-18H,12-16H2,1-2H3,(H,32,38)(H3,29,33,34,35). The molecule has 1 aliphatic heterocycles. The molecule has 0 spiro atoms. The second-order valence-electron chi connectivity index (χ2n) is 9.35. The Morgan fingerprint density at radius 3 is 2.72 bits per heavy atom. The van der Waals surface area contributed by atoms with Gasteiger partial charge in [0.05, 0.1) is 30.8 Å². The lowest BCUT2D eigenvalue weighted by atomic mass is 10.1. The Kier molecular flexibility index (Phi) is 7.90. The van der Waals surface area contributed by atoms with Crippen molar-refractivity contribution < 1.29 is 9.53 Å². The van der Waals surface area contributed by atoms with E-state index in [1.807, 2.05) is 61.5 Å². The number of hydrogen-bond acceptors (Lipinski definition) is 10. The fraction of sp³-hybridized carbons (Fsp3) is 0.250. The predicted octanol–water partition coefficient (Wildman–Crippen LogP) is 3.31. The van der Waals surface area contributed by atoms with Crippen molar-refractivity contribution in [3.05, 3.63) is 67.0 Å². The normalized spacial score (nSPS) is 13.8. The maximum absolute atomic E-state index is 12.3. The molecule has 5 rings (SSSR count). The van der Waals surface area contributed by atoms with E-state index in [9.17, 15) is 4.79 Å². The van der Waals surface area contributed by atoms with E-state index in [1.165, 1.54) is 6.08 Å². The summed E-state index contributed by atoms with van der Waals surface area (Å²) in [5.41, 5.74) is 9.73. The Hall–Kier alpha value is -4.61. The van der Waals surface area contributed by atoms with E-state index >= 15 is 0 Å². The van der Waals surface area contributed by atoms with Crippen LogP contribution in [0.15, 0.2) is 67.0 Å². The average Bonchev–Trinajstić information content (AvgIpc) is 2.94.